The second-order valence-electron chi connectivity index (χ2n) is 3.88. The minimum atomic E-state index is -0.490. The molecule has 2 N–H and O–H groups in total. The fourth-order valence-electron chi connectivity index (χ4n) is 1.25. The largest absolute Gasteiger partial charge is 0.389 e. The van der Waals surface area contributed by atoms with Gasteiger partial charge in [-0.2, -0.15) is 0 Å². The monoisotopic (exact) mass is 265 g/mol. The average Bonchev–Trinajstić information content (AvgIpc) is 2.38. The van der Waals surface area contributed by atoms with Gasteiger partial charge in [-0.05, 0) is 6.42 Å². The van der Waals surface area contributed by atoms with Crippen molar-refractivity contribution in [1.82, 2.24) is 5.32 Å². The lowest BCUT2D eigenvalue weighted by Gasteiger charge is -2.12. The molecule has 0 aromatic carbocycles. The third-order valence-electron chi connectivity index (χ3n) is 2.18. The predicted octanol–water partition coefficient (Wildman–Crippen LogP) is -0.347. The Morgan fingerprint density at radius 3 is 2.39 bits per heavy atom. The Labute approximate surface area is 110 Å². The summed E-state index contributed by atoms with van der Waals surface area (Å²) in [4.78, 5) is 0. The molecule has 0 amide bonds. The van der Waals surface area contributed by atoms with Crippen molar-refractivity contribution in [2.24, 2.45) is 0 Å². The van der Waals surface area contributed by atoms with Crippen LogP contribution in [0.1, 0.15) is 6.42 Å². The normalized spacial score (nSPS) is 12.8. The Morgan fingerprint density at radius 2 is 1.67 bits per heavy atom. The van der Waals surface area contributed by atoms with Gasteiger partial charge in [0.2, 0.25) is 0 Å². The quantitative estimate of drug-likeness (QED) is 0.419. The van der Waals surface area contributed by atoms with Crippen LogP contribution in [0.4, 0.5) is 0 Å². The standard InChI is InChI=1S/C12H27NO5/c1-15-5-3-6-17-8-9-18-11-12(14)10-13-4-7-16-2/h12-14H,3-11H2,1-2H3. The minimum Gasteiger partial charge on any atom is -0.389 e. The van der Waals surface area contributed by atoms with E-state index in [9.17, 15) is 5.11 Å². The highest BCUT2D eigenvalue weighted by atomic mass is 16.5. The van der Waals surface area contributed by atoms with E-state index in [1.165, 1.54) is 0 Å². The van der Waals surface area contributed by atoms with Crippen LogP contribution >= 0.6 is 0 Å². The summed E-state index contributed by atoms with van der Waals surface area (Å²) in [6.45, 7) is 4.65. The van der Waals surface area contributed by atoms with Gasteiger partial charge in [0.05, 0.1) is 32.5 Å². The Balaban J connectivity index is 3.08. The second kappa shape index (κ2) is 14.8. The van der Waals surface area contributed by atoms with Crippen LogP contribution < -0.4 is 5.32 Å². The average molecular weight is 265 g/mol. The van der Waals surface area contributed by atoms with Crippen molar-refractivity contribution in [3.63, 3.8) is 0 Å². The van der Waals surface area contributed by atoms with Crippen LogP contribution in [0.25, 0.3) is 0 Å². The molecule has 0 spiro atoms. The molecule has 0 radical (unpaired) electrons. The van der Waals surface area contributed by atoms with Crippen LogP contribution in [0, 0.1) is 0 Å². The molecule has 18 heavy (non-hydrogen) atoms. The first-order chi connectivity index (χ1) is 8.81. The predicted molar refractivity (Wildman–Crippen MR) is 68.9 cm³/mol. The summed E-state index contributed by atoms with van der Waals surface area (Å²) in [6, 6.07) is 0. The molecule has 0 bridgehead atoms. The van der Waals surface area contributed by atoms with Crippen molar-refractivity contribution in [1.29, 1.82) is 0 Å². The molecule has 0 aliphatic heterocycles. The molecule has 0 saturated carbocycles. The van der Waals surface area contributed by atoms with E-state index in [1.807, 2.05) is 0 Å². The minimum absolute atomic E-state index is 0.321. The number of hydrogen-bond donors (Lipinski definition) is 2. The highest BCUT2D eigenvalue weighted by Crippen LogP contribution is 1.87. The molecule has 0 aromatic rings. The zero-order valence-corrected chi connectivity index (χ0v) is 11.5. The second-order valence-corrected chi connectivity index (χ2v) is 3.88. The molecule has 6 nitrogen and oxygen atoms in total. The Kier molecular flexibility index (Phi) is 14.6. The third kappa shape index (κ3) is 13.8. The van der Waals surface area contributed by atoms with E-state index in [2.05, 4.69) is 5.32 Å². The topological polar surface area (TPSA) is 69.2 Å². The maximum absolute atomic E-state index is 9.54. The molecular weight excluding hydrogens is 238 g/mol. The molecule has 0 aliphatic carbocycles. The zero-order chi connectivity index (χ0) is 13.5. The summed E-state index contributed by atoms with van der Waals surface area (Å²) in [5, 5.41) is 12.6. The lowest BCUT2D eigenvalue weighted by Crippen LogP contribution is -2.32. The van der Waals surface area contributed by atoms with E-state index in [0.717, 1.165) is 13.0 Å². The molecule has 0 rings (SSSR count). The molecule has 6 heteroatoms. The fraction of sp³-hybridized carbons (Fsp3) is 1.00. The highest BCUT2D eigenvalue weighted by molar-refractivity contribution is 4.57. The van der Waals surface area contributed by atoms with Gasteiger partial charge >= 0.3 is 0 Å². The van der Waals surface area contributed by atoms with Crippen LogP contribution in [0.5, 0.6) is 0 Å². The number of hydrogen-bond acceptors (Lipinski definition) is 6. The van der Waals surface area contributed by atoms with Crippen molar-refractivity contribution in [2.75, 3.05) is 67.0 Å². The Bertz CT molecular complexity index is 159. The molecule has 0 fully saturated rings. The van der Waals surface area contributed by atoms with Crippen LogP contribution in [0.3, 0.4) is 0 Å². The molecule has 1 atom stereocenters. The lowest BCUT2D eigenvalue weighted by atomic mass is 10.4. The van der Waals surface area contributed by atoms with Crippen molar-refractivity contribution >= 4 is 0 Å². The van der Waals surface area contributed by atoms with Gasteiger partial charge in [-0.1, -0.05) is 0 Å². The van der Waals surface area contributed by atoms with Crippen molar-refractivity contribution in [2.45, 2.75) is 12.5 Å². The number of aliphatic hydroxyl groups is 1. The van der Waals surface area contributed by atoms with E-state index >= 15 is 0 Å². The number of ether oxygens (including phenoxy) is 4. The first-order valence-electron chi connectivity index (χ1n) is 6.33. The fourth-order valence-corrected chi connectivity index (χ4v) is 1.25. The Hall–Kier alpha value is -0.240. The van der Waals surface area contributed by atoms with Crippen molar-refractivity contribution in [3.8, 4) is 0 Å². The van der Waals surface area contributed by atoms with Crippen LogP contribution in [0.15, 0.2) is 0 Å². The maximum atomic E-state index is 9.54. The van der Waals surface area contributed by atoms with Crippen LogP contribution in [-0.4, -0.2) is 78.2 Å². The molecule has 1 unspecified atom stereocenters. The van der Waals surface area contributed by atoms with Gasteiger partial charge in [0.25, 0.3) is 0 Å². The first kappa shape index (κ1) is 17.8. The molecule has 110 valence electrons. The van der Waals surface area contributed by atoms with Crippen molar-refractivity contribution < 1.29 is 24.1 Å². The van der Waals surface area contributed by atoms with Gasteiger partial charge in [0.15, 0.2) is 0 Å². The molecule has 0 saturated heterocycles. The summed E-state index contributed by atoms with van der Waals surface area (Å²) in [5.74, 6) is 0. The van der Waals surface area contributed by atoms with E-state index in [4.69, 9.17) is 18.9 Å². The van der Waals surface area contributed by atoms with Crippen LogP contribution in [0.2, 0.25) is 0 Å². The third-order valence-corrected chi connectivity index (χ3v) is 2.18. The SMILES string of the molecule is COCCCOCCOCC(O)CNCCOC. The van der Waals surface area contributed by atoms with Gasteiger partial charge in [-0.3, -0.25) is 0 Å². The van der Waals surface area contributed by atoms with Gasteiger partial charge < -0.3 is 29.4 Å². The summed E-state index contributed by atoms with van der Waals surface area (Å²) in [6.07, 6.45) is 0.401. The van der Waals surface area contributed by atoms with Crippen LogP contribution in [-0.2, 0) is 18.9 Å². The number of methoxy groups -OCH3 is 2. The van der Waals surface area contributed by atoms with Gasteiger partial charge in [0, 0.05) is 40.5 Å². The number of nitrogens with one attached hydrogen (secondary N) is 1. The number of aliphatic hydroxyl groups excluding tert-OH is 1. The summed E-state index contributed by atoms with van der Waals surface area (Å²) >= 11 is 0. The van der Waals surface area contributed by atoms with Gasteiger partial charge in [-0.15, -0.1) is 0 Å². The number of rotatable bonds is 14. The summed E-state index contributed by atoms with van der Waals surface area (Å²) in [7, 11) is 3.32. The summed E-state index contributed by atoms with van der Waals surface area (Å²) < 4.78 is 20.4. The molecule has 0 aliphatic rings. The van der Waals surface area contributed by atoms with Gasteiger partial charge in [-0.25, -0.2) is 0 Å². The Morgan fingerprint density at radius 1 is 0.944 bits per heavy atom. The van der Waals surface area contributed by atoms with E-state index in [0.29, 0.717) is 46.2 Å². The van der Waals surface area contributed by atoms with Crippen molar-refractivity contribution in [3.05, 3.63) is 0 Å². The highest BCUT2D eigenvalue weighted by Gasteiger charge is 2.02. The summed E-state index contributed by atoms with van der Waals surface area (Å²) in [5.41, 5.74) is 0. The van der Waals surface area contributed by atoms with Gasteiger partial charge in [0.1, 0.15) is 0 Å². The molecular formula is C12H27NO5. The molecule has 0 heterocycles. The van der Waals surface area contributed by atoms with E-state index in [1.54, 1.807) is 14.2 Å². The molecule has 0 aromatic heterocycles. The lowest BCUT2D eigenvalue weighted by molar-refractivity contribution is 0.00137. The smallest absolute Gasteiger partial charge is 0.0897 e. The first-order valence-corrected chi connectivity index (χ1v) is 6.33. The zero-order valence-electron chi connectivity index (χ0n) is 11.5. The van der Waals surface area contributed by atoms with E-state index in [-0.39, 0.29) is 0 Å². The maximum Gasteiger partial charge on any atom is 0.0897 e. The van der Waals surface area contributed by atoms with E-state index < -0.39 is 6.10 Å².